The number of aryl methyl sites for hydroxylation is 2. The van der Waals surface area contributed by atoms with Gasteiger partial charge < -0.3 is 38.0 Å². The lowest BCUT2D eigenvalue weighted by Crippen LogP contribution is -3.00. The third kappa shape index (κ3) is 4.15. The Morgan fingerprint density at radius 2 is 1.91 bits per heavy atom. The first-order chi connectivity index (χ1) is 15.6. The zero-order valence-corrected chi connectivity index (χ0v) is 21.3. The van der Waals surface area contributed by atoms with Crippen LogP contribution in [0.15, 0.2) is 71.3 Å². The molecule has 4 aromatic rings. The highest BCUT2D eigenvalue weighted by atomic mass is 127. The number of methoxy groups -OCH3 is 1. The minimum absolute atomic E-state index is 0. The molecule has 0 radical (unpaired) electrons. The van der Waals surface area contributed by atoms with Gasteiger partial charge in [-0.2, -0.15) is 0 Å². The fraction of sp³-hybridized carbons (Fsp3) is 0.185. The van der Waals surface area contributed by atoms with Crippen molar-refractivity contribution in [3.63, 3.8) is 0 Å². The van der Waals surface area contributed by atoms with Gasteiger partial charge in [0, 0.05) is 35.1 Å². The van der Waals surface area contributed by atoms with Crippen LogP contribution < -0.4 is 38.2 Å². The zero-order valence-electron chi connectivity index (χ0n) is 19.2. The second-order valence-electron chi connectivity index (χ2n) is 7.95. The molecule has 1 aliphatic heterocycles. The van der Waals surface area contributed by atoms with Gasteiger partial charge in [0.2, 0.25) is 5.58 Å². The number of pyridine rings is 1. The molecular weight excluding hydrogens is 525 g/mol. The topological polar surface area (TPSA) is 42.4 Å². The highest BCUT2D eigenvalue weighted by molar-refractivity contribution is 6.03. The van der Waals surface area contributed by atoms with Crippen molar-refractivity contribution < 1.29 is 37.7 Å². The van der Waals surface area contributed by atoms with Gasteiger partial charge in [-0.05, 0) is 53.5 Å². The van der Waals surface area contributed by atoms with Crippen LogP contribution in [-0.2, 0) is 13.5 Å². The van der Waals surface area contributed by atoms with Crippen LogP contribution in [0, 0.1) is 0 Å². The lowest BCUT2D eigenvalue weighted by molar-refractivity contribution is -0.646. The Kier molecular flexibility index (Phi) is 6.56. The lowest BCUT2D eigenvalue weighted by Gasteiger charge is -2.31. The van der Waals surface area contributed by atoms with Crippen molar-refractivity contribution in [2.75, 3.05) is 19.1 Å². The average Bonchev–Trinajstić information content (AvgIpc) is 3.24. The number of halogens is 1. The van der Waals surface area contributed by atoms with Gasteiger partial charge in [0.15, 0.2) is 0 Å². The summed E-state index contributed by atoms with van der Waals surface area (Å²) in [5, 5.41) is 0. The van der Waals surface area contributed by atoms with E-state index in [0.29, 0.717) is 5.89 Å². The minimum Gasteiger partial charge on any atom is -1.00 e. The summed E-state index contributed by atoms with van der Waals surface area (Å²) >= 11 is 0. The molecule has 3 heterocycles. The van der Waals surface area contributed by atoms with Crippen molar-refractivity contribution >= 4 is 34.3 Å². The maximum Gasteiger partial charge on any atom is 0.370 e. The molecular formula is C27H26IN3O2. The third-order valence-corrected chi connectivity index (χ3v) is 6.00. The summed E-state index contributed by atoms with van der Waals surface area (Å²) in [5.74, 6) is 1.47. The lowest BCUT2D eigenvalue weighted by atomic mass is 9.92. The summed E-state index contributed by atoms with van der Waals surface area (Å²) in [5.41, 5.74) is 8.31. The van der Waals surface area contributed by atoms with Gasteiger partial charge in [-0.25, -0.2) is 4.57 Å². The second-order valence-corrected chi connectivity index (χ2v) is 7.95. The normalized spacial score (nSPS) is 14.1. The van der Waals surface area contributed by atoms with Gasteiger partial charge in [-0.15, -0.1) is 0 Å². The van der Waals surface area contributed by atoms with E-state index in [1.807, 2.05) is 42.1 Å². The van der Waals surface area contributed by atoms with Gasteiger partial charge in [0.1, 0.15) is 5.75 Å². The first-order valence-corrected chi connectivity index (χ1v) is 10.8. The Labute approximate surface area is 211 Å². The zero-order chi connectivity index (χ0) is 22.2. The summed E-state index contributed by atoms with van der Waals surface area (Å²) < 4.78 is 13.7. The van der Waals surface area contributed by atoms with Gasteiger partial charge >= 0.3 is 11.5 Å². The third-order valence-electron chi connectivity index (χ3n) is 6.00. The monoisotopic (exact) mass is 551 g/mol. The van der Waals surface area contributed by atoms with Crippen molar-refractivity contribution in [1.29, 1.82) is 0 Å². The van der Waals surface area contributed by atoms with Gasteiger partial charge in [0.05, 0.1) is 20.4 Å². The number of oxazole rings is 1. The fourth-order valence-corrected chi connectivity index (χ4v) is 4.27. The molecule has 0 saturated carbocycles. The Hall–Kier alpha value is -3.13. The van der Waals surface area contributed by atoms with E-state index < -0.39 is 0 Å². The van der Waals surface area contributed by atoms with E-state index in [-0.39, 0.29) is 24.0 Å². The van der Waals surface area contributed by atoms with Crippen LogP contribution in [0.2, 0.25) is 0 Å². The van der Waals surface area contributed by atoms with Crippen LogP contribution in [0.3, 0.4) is 0 Å². The first-order valence-electron chi connectivity index (χ1n) is 10.8. The highest BCUT2D eigenvalue weighted by Gasteiger charge is 2.25. The van der Waals surface area contributed by atoms with E-state index in [4.69, 9.17) is 14.1 Å². The standard InChI is InChI=1S/C27H26N3O2.HI/c1-5-18-14-23-21(17-25(18)31-4)20(15-22(30(23)3)19-10-7-6-8-11-19)16-26-28-27-24(32-26)12-9-13-29(27)2;/h6-17H,5H2,1-4H3;1H/q+1;/p-1. The molecule has 1 aliphatic rings. The van der Waals surface area contributed by atoms with Crippen LogP contribution in [0.5, 0.6) is 5.75 Å². The molecule has 0 bridgehead atoms. The van der Waals surface area contributed by atoms with Crippen molar-refractivity contribution in [1.82, 2.24) is 4.98 Å². The molecule has 5 nitrogen and oxygen atoms in total. The number of aromatic nitrogens is 2. The molecule has 0 atom stereocenters. The molecule has 168 valence electrons. The summed E-state index contributed by atoms with van der Waals surface area (Å²) in [6.07, 6.45) is 7.07. The Bertz CT molecular complexity index is 1370. The summed E-state index contributed by atoms with van der Waals surface area (Å²) in [7, 11) is 5.81. The number of fused-ring (bicyclic) bond motifs is 2. The number of nitrogens with zero attached hydrogens (tertiary/aromatic N) is 3. The molecule has 0 fully saturated rings. The van der Waals surface area contributed by atoms with Crippen LogP contribution in [0.1, 0.15) is 29.5 Å². The largest absolute Gasteiger partial charge is 1.00 e. The molecule has 0 unspecified atom stereocenters. The number of allylic oxidation sites excluding steroid dienone is 2. The predicted octanol–water partition coefficient (Wildman–Crippen LogP) is 2.26. The minimum atomic E-state index is 0. The van der Waals surface area contributed by atoms with Crippen molar-refractivity contribution in [3.05, 3.63) is 89.5 Å². The second kappa shape index (κ2) is 9.39. The van der Waals surface area contributed by atoms with Gasteiger partial charge in [-0.1, -0.05) is 37.3 Å². The predicted molar refractivity (Wildman–Crippen MR) is 128 cm³/mol. The van der Waals surface area contributed by atoms with Crippen molar-refractivity contribution in [3.8, 4) is 5.75 Å². The molecule has 2 aromatic heterocycles. The van der Waals surface area contributed by atoms with Gasteiger partial charge in [0.25, 0.3) is 0 Å². The summed E-state index contributed by atoms with van der Waals surface area (Å²) in [6.45, 7) is 2.15. The number of benzene rings is 2. The SMILES string of the molecule is CCc1cc2c(cc1OC)/C(=C/c1nc3c(ccc[n+]3C)o1)C=C(c1ccccc1)N2C.[I-]. The Morgan fingerprint density at radius 1 is 1.12 bits per heavy atom. The number of anilines is 1. The molecule has 5 rings (SSSR count). The van der Waals surface area contributed by atoms with Crippen LogP contribution >= 0.6 is 0 Å². The Morgan fingerprint density at radius 3 is 2.61 bits per heavy atom. The molecule has 2 aromatic carbocycles. The van der Waals surface area contributed by atoms with E-state index >= 15 is 0 Å². The van der Waals surface area contributed by atoms with Crippen LogP contribution in [-0.4, -0.2) is 19.1 Å². The fourth-order valence-electron chi connectivity index (χ4n) is 4.27. The van der Waals surface area contributed by atoms with Crippen LogP contribution in [0.25, 0.3) is 28.6 Å². The number of ether oxygens (including phenoxy) is 1. The quantitative estimate of drug-likeness (QED) is 0.289. The summed E-state index contributed by atoms with van der Waals surface area (Å²) in [4.78, 5) is 6.96. The van der Waals surface area contributed by atoms with E-state index in [1.54, 1.807) is 7.11 Å². The molecule has 0 aliphatic carbocycles. The first kappa shape index (κ1) is 23.0. The van der Waals surface area contributed by atoms with E-state index in [1.165, 1.54) is 5.56 Å². The highest BCUT2D eigenvalue weighted by Crippen LogP contribution is 2.42. The summed E-state index contributed by atoms with van der Waals surface area (Å²) in [6, 6.07) is 18.7. The van der Waals surface area contributed by atoms with Gasteiger partial charge in [-0.3, -0.25) is 0 Å². The molecule has 0 amide bonds. The van der Waals surface area contributed by atoms with E-state index in [2.05, 4.69) is 61.3 Å². The van der Waals surface area contributed by atoms with Crippen molar-refractivity contribution in [2.45, 2.75) is 13.3 Å². The molecule has 6 heteroatoms. The molecule has 33 heavy (non-hydrogen) atoms. The van der Waals surface area contributed by atoms with Crippen molar-refractivity contribution in [2.24, 2.45) is 7.05 Å². The molecule has 0 N–H and O–H groups in total. The van der Waals surface area contributed by atoms with Crippen LogP contribution in [0.4, 0.5) is 5.69 Å². The molecule has 0 spiro atoms. The number of hydrogen-bond donors (Lipinski definition) is 0. The maximum absolute atomic E-state index is 6.05. The molecule has 0 saturated heterocycles. The van der Waals surface area contributed by atoms with E-state index in [0.717, 1.165) is 51.5 Å². The number of hydrogen-bond acceptors (Lipinski definition) is 4. The maximum atomic E-state index is 6.05. The number of rotatable bonds is 4. The van der Waals surface area contributed by atoms with E-state index in [9.17, 15) is 0 Å². The Balaban J connectivity index is 0.00000259. The average molecular weight is 551 g/mol. The smallest absolute Gasteiger partial charge is 0.370 e.